The molecule has 0 radical (unpaired) electrons. The van der Waals surface area contributed by atoms with Gasteiger partial charge in [-0.15, -0.1) is 11.3 Å². The van der Waals surface area contributed by atoms with Gasteiger partial charge in [0.25, 0.3) is 0 Å². The Balaban J connectivity index is 2.00. The smallest absolute Gasteiger partial charge is 0.142 e. The summed E-state index contributed by atoms with van der Waals surface area (Å²) in [7, 11) is 0. The van der Waals surface area contributed by atoms with Crippen molar-refractivity contribution in [3.8, 4) is 21.1 Å². The second kappa shape index (κ2) is 4.85. The molecule has 3 aromatic heterocycles. The molecule has 19 heavy (non-hydrogen) atoms. The molecule has 0 amide bonds. The summed E-state index contributed by atoms with van der Waals surface area (Å²) in [6.07, 6.45) is 4.54. The predicted molar refractivity (Wildman–Crippen MR) is 73.3 cm³/mol. The van der Waals surface area contributed by atoms with Gasteiger partial charge in [-0.25, -0.2) is 9.37 Å². The van der Waals surface area contributed by atoms with E-state index in [1.807, 2.05) is 25.1 Å². The molecule has 0 N–H and O–H groups in total. The number of pyridine rings is 2. The minimum Gasteiger partial charge on any atom is -0.261 e. The van der Waals surface area contributed by atoms with E-state index in [9.17, 15) is 4.39 Å². The molecule has 0 atom stereocenters. The lowest BCUT2D eigenvalue weighted by Gasteiger charge is -1.97. The first-order chi connectivity index (χ1) is 9.22. The second-order valence-corrected chi connectivity index (χ2v) is 5.12. The number of rotatable bonds is 2. The van der Waals surface area contributed by atoms with Gasteiger partial charge in [0.05, 0.1) is 16.8 Å². The van der Waals surface area contributed by atoms with Crippen molar-refractivity contribution in [1.82, 2.24) is 15.0 Å². The normalized spacial score (nSPS) is 10.6. The van der Waals surface area contributed by atoms with Gasteiger partial charge in [-0.05, 0) is 25.1 Å². The number of nitrogens with zero attached hydrogens (tertiary/aromatic N) is 3. The van der Waals surface area contributed by atoms with E-state index in [-0.39, 0.29) is 5.82 Å². The zero-order chi connectivity index (χ0) is 13.2. The quantitative estimate of drug-likeness (QED) is 0.713. The van der Waals surface area contributed by atoms with Gasteiger partial charge in [0.1, 0.15) is 10.8 Å². The van der Waals surface area contributed by atoms with Crippen LogP contribution in [0.1, 0.15) is 5.69 Å². The van der Waals surface area contributed by atoms with Crippen LogP contribution in [0, 0.1) is 12.7 Å². The van der Waals surface area contributed by atoms with E-state index >= 15 is 0 Å². The lowest BCUT2D eigenvalue weighted by molar-refractivity contribution is 0.622. The molecular formula is C14H10FN3S. The first-order valence-electron chi connectivity index (χ1n) is 5.73. The van der Waals surface area contributed by atoms with Crippen molar-refractivity contribution in [3.63, 3.8) is 0 Å². The highest BCUT2D eigenvalue weighted by atomic mass is 32.1. The van der Waals surface area contributed by atoms with Gasteiger partial charge in [0.2, 0.25) is 0 Å². The third-order valence-electron chi connectivity index (χ3n) is 2.60. The van der Waals surface area contributed by atoms with Crippen molar-refractivity contribution in [3.05, 3.63) is 54.4 Å². The van der Waals surface area contributed by atoms with Crippen LogP contribution < -0.4 is 0 Å². The van der Waals surface area contributed by atoms with Crippen LogP contribution in [0.25, 0.3) is 21.1 Å². The van der Waals surface area contributed by atoms with Crippen LogP contribution in [0.5, 0.6) is 0 Å². The summed E-state index contributed by atoms with van der Waals surface area (Å²) in [4.78, 5) is 13.5. The highest BCUT2D eigenvalue weighted by molar-refractivity contribution is 7.18. The molecule has 0 aliphatic rings. The molecule has 0 unspecified atom stereocenters. The molecule has 3 nitrogen and oxygen atoms in total. The van der Waals surface area contributed by atoms with E-state index < -0.39 is 0 Å². The van der Waals surface area contributed by atoms with E-state index in [0.717, 1.165) is 21.3 Å². The zero-order valence-electron chi connectivity index (χ0n) is 10.2. The lowest BCUT2D eigenvalue weighted by atomic mass is 10.3. The maximum atomic E-state index is 13.1. The maximum Gasteiger partial charge on any atom is 0.142 e. The van der Waals surface area contributed by atoms with Crippen LogP contribution in [0.4, 0.5) is 4.39 Å². The molecular weight excluding hydrogens is 261 g/mol. The number of aromatic nitrogens is 3. The van der Waals surface area contributed by atoms with Crippen molar-refractivity contribution in [2.75, 3.05) is 0 Å². The highest BCUT2D eigenvalue weighted by Gasteiger charge is 2.08. The van der Waals surface area contributed by atoms with Gasteiger partial charge >= 0.3 is 0 Å². The summed E-state index contributed by atoms with van der Waals surface area (Å²) >= 11 is 1.48. The molecule has 3 rings (SSSR count). The van der Waals surface area contributed by atoms with E-state index in [1.54, 1.807) is 12.4 Å². The fraction of sp³-hybridized carbons (Fsp3) is 0.0714. The third-order valence-corrected chi connectivity index (χ3v) is 3.67. The monoisotopic (exact) mass is 271 g/mol. The van der Waals surface area contributed by atoms with Gasteiger partial charge < -0.3 is 0 Å². The fourth-order valence-electron chi connectivity index (χ4n) is 1.74. The summed E-state index contributed by atoms with van der Waals surface area (Å²) < 4.78 is 13.1. The van der Waals surface area contributed by atoms with E-state index in [0.29, 0.717) is 5.56 Å². The molecule has 0 bridgehead atoms. The van der Waals surface area contributed by atoms with Crippen molar-refractivity contribution < 1.29 is 4.39 Å². The van der Waals surface area contributed by atoms with Crippen LogP contribution in [0.15, 0.2) is 42.9 Å². The molecule has 5 heteroatoms. The summed E-state index contributed by atoms with van der Waals surface area (Å²) in [5.74, 6) is -0.358. The number of halogens is 1. The Hall–Kier alpha value is -2.14. The topological polar surface area (TPSA) is 38.7 Å². The maximum absolute atomic E-state index is 13.1. The first kappa shape index (κ1) is 11.9. The molecule has 3 heterocycles. The fourth-order valence-corrected chi connectivity index (χ4v) is 2.60. The average molecular weight is 271 g/mol. The number of aryl methyl sites for hydroxylation is 1. The van der Waals surface area contributed by atoms with Crippen molar-refractivity contribution >= 4 is 11.3 Å². The molecule has 0 fully saturated rings. The minimum atomic E-state index is -0.358. The third kappa shape index (κ3) is 2.51. The number of thiazole rings is 1. The summed E-state index contributed by atoms with van der Waals surface area (Å²) in [6.45, 7) is 1.95. The Bertz CT molecular complexity index is 664. The van der Waals surface area contributed by atoms with Gasteiger partial charge in [-0.1, -0.05) is 6.07 Å². The van der Waals surface area contributed by atoms with Crippen molar-refractivity contribution in [1.29, 1.82) is 0 Å². The standard InChI is InChI=1S/C14H10FN3S/c1-9-3-2-4-12(18-9)13-8-17-14(19-13)10-5-11(15)7-16-6-10/h2-8H,1H3. The lowest BCUT2D eigenvalue weighted by Crippen LogP contribution is -1.82. The van der Waals surface area contributed by atoms with E-state index in [4.69, 9.17) is 0 Å². The van der Waals surface area contributed by atoms with E-state index in [2.05, 4.69) is 15.0 Å². The highest BCUT2D eigenvalue weighted by Crippen LogP contribution is 2.30. The summed E-state index contributed by atoms with van der Waals surface area (Å²) in [6, 6.07) is 7.27. The first-order valence-corrected chi connectivity index (χ1v) is 6.55. The van der Waals surface area contributed by atoms with Crippen molar-refractivity contribution in [2.24, 2.45) is 0 Å². The van der Waals surface area contributed by atoms with Crippen LogP contribution in [-0.4, -0.2) is 15.0 Å². The van der Waals surface area contributed by atoms with Crippen LogP contribution in [-0.2, 0) is 0 Å². The van der Waals surface area contributed by atoms with Crippen LogP contribution in [0.3, 0.4) is 0 Å². The molecule has 0 saturated heterocycles. The molecule has 0 spiro atoms. The van der Waals surface area contributed by atoms with Crippen molar-refractivity contribution in [2.45, 2.75) is 6.92 Å². The van der Waals surface area contributed by atoms with E-state index in [1.165, 1.54) is 23.6 Å². The average Bonchev–Trinajstić information content (AvgIpc) is 2.88. The minimum absolute atomic E-state index is 0.358. The molecule has 0 saturated carbocycles. The largest absolute Gasteiger partial charge is 0.261 e. The van der Waals surface area contributed by atoms with Gasteiger partial charge in [0, 0.05) is 23.7 Å². The predicted octanol–water partition coefficient (Wildman–Crippen LogP) is 3.71. The van der Waals surface area contributed by atoms with Crippen LogP contribution >= 0.6 is 11.3 Å². The SMILES string of the molecule is Cc1cccc(-c2cnc(-c3cncc(F)c3)s2)n1. The Morgan fingerprint density at radius 2 is 2.05 bits per heavy atom. The number of hydrogen-bond donors (Lipinski definition) is 0. The van der Waals surface area contributed by atoms with Gasteiger partial charge in [-0.2, -0.15) is 0 Å². The molecule has 0 aromatic carbocycles. The Labute approximate surface area is 113 Å². The molecule has 0 aliphatic carbocycles. The van der Waals surface area contributed by atoms with Crippen LogP contribution in [0.2, 0.25) is 0 Å². The zero-order valence-corrected chi connectivity index (χ0v) is 11.0. The Kier molecular flexibility index (Phi) is 3.05. The second-order valence-electron chi connectivity index (χ2n) is 4.09. The van der Waals surface area contributed by atoms with Gasteiger partial charge in [-0.3, -0.25) is 9.97 Å². The number of hydrogen-bond acceptors (Lipinski definition) is 4. The summed E-state index contributed by atoms with van der Waals surface area (Å²) in [5.41, 5.74) is 2.52. The molecule has 94 valence electrons. The summed E-state index contributed by atoms with van der Waals surface area (Å²) in [5, 5.41) is 0.741. The Morgan fingerprint density at radius 3 is 2.84 bits per heavy atom. The molecule has 0 aliphatic heterocycles. The molecule has 3 aromatic rings. The Morgan fingerprint density at radius 1 is 1.16 bits per heavy atom. The van der Waals surface area contributed by atoms with Gasteiger partial charge in [0.15, 0.2) is 0 Å².